The monoisotopic (exact) mass is 191 g/mol. The van der Waals surface area contributed by atoms with Crippen LogP contribution >= 0.6 is 0 Å². The third kappa shape index (κ3) is 1.70. The normalized spacial score (nSPS) is 20.2. The van der Waals surface area contributed by atoms with E-state index in [-0.39, 0.29) is 11.9 Å². The van der Waals surface area contributed by atoms with Crippen molar-refractivity contribution in [3.8, 4) is 0 Å². The molecule has 1 heterocycles. The van der Waals surface area contributed by atoms with E-state index in [4.69, 9.17) is 0 Å². The molecule has 1 aromatic carbocycles. The molecule has 1 atom stereocenters. The van der Waals surface area contributed by atoms with Crippen LogP contribution in [0.4, 0.5) is 4.39 Å². The first kappa shape index (κ1) is 9.41. The Morgan fingerprint density at radius 1 is 1.57 bits per heavy atom. The lowest BCUT2D eigenvalue weighted by Crippen LogP contribution is -2.29. The molecule has 0 amide bonds. The molecule has 1 aliphatic rings. The first-order chi connectivity index (χ1) is 6.81. The zero-order valence-electron chi connectivity index (χ0n) is 8.09. The quantitative estimate of drug-likeness (QED) is 0.708. The van der Waals surface area contributed by atoms with Crippen molar-refractivity contribution in [3.63, 3.8) is 0 Å². The lowest BCUT2D eigenvalue weighted by atomic mass is 9.92. The van der Waals surface area contributed by atoms with Gasteiger partial charge in [0.2, 0.25) is 0 Å². The Balaban J connectivity index is 2.36. The highest BCUT2D eigenvalue weighted by Gasteiger charge is 2.18. The molecule has 74 valence electrons. The lowest BCUT2D eigenvalue weighted by Gasteiger charge is -2.26. The van der Waals surface area contributed by atoms with Crippen LogP contribution in [-0.4, -0.2) is 6.54 Å². The number of halogens is 1. The number of benzene rings is 1. The van der Waals surface area contributed by atoms with Crippen LogP contribution in [-0.2, 0) is 6.42 Å². The number of hydrogen-bond acceptors (Lipinski definition) is 1. The molecular formula is C12H14FN. The Morgan fingerprint density at radius 2 is 2.43 bits per heavy atom. The summed E-state index contributed by atoms with van der Waals surface area (Å²) >= 11 is 0. The highest BCUT2D eigenvalue weighted by Crippen LogP contribution is 2.26. The van der Waals surface area contributed by atoms with Gasteiger partial charge in [0, 0.05) is 6.04 Å². The van der Waals surface area contributed by atoms with E-state index < -0.39 is 0 Å². The largest absolute Gasteiger partial charge is 0.309 e. The first-order valence-corrected chi connectivity index (χ1v) is 4.94. The van der Waals surface area contributed by atoms with Crippen LogP contribution in [0.25, 0.3) is 0 Å². The van der Waals surface area contributed by atoms with Gasteiger partial charge < -0.3 is 5.32 Å². The number of rotatable bonds is 2. The molecule has 0 fully saturated rings. The van der Waals surface area contributed by atoms with Gasteiger partial charge in [-0.15, -0.1) is 6.58 Å². The Bertz CT molecular complexity index is 346. The second-order valence-electron chi connectivity index (χ2n) is 3.62. The third-order valence-corrected chi connectivity index (χ3v) is 2.67. The van der Waals surface area contributed by atoms with E-state index in [1.165, 1.54) is 11.6 Å². The van der Waals surface area contributed by atoms with Crippen molar-refractivity contribution in [1.82, 2.24) is 5.32 Å². The topological polar surface area (TPSA) is 12.0 Å². The maximum atomic E-state index is 13.1. The molecule has 0 radical (unpaired) electrons. The smallest absolute Gasteiger partial charge is 0.123 e. The Kier molecular flexibility index (Phi) is 2.64. The van der Waals surface area contributed by atoms with Crippen molar-refractivity contribution in [1.29, 1.82) is 0 Å². The molecular weight excluding hydrogens is 177 g/mol. The minimum Gasteiger partial charge on any atom is -0.309 e. The number of nitrogens with one attached hydrogen (secondary N) is 1. The predicted octanol–water partition coefficient (Wildman–Crippen LogP) is 2.59. The number of fused-ring (bicyclic) bond motifs is 1. The summed E-state index contributed by atoms with van der Waals surface area (Å²) in [6.07, 6.45) is 3.72. The van der Waals surface area contributed by atoms with Crippen molar-refractivity contribution < 1.29 is 4.39 Å². The maximum Gasteiger partial charge on any atom is 0.123 e. The van der Waals surface area contributed by atoms with Gasteiger partial charge in [0.05, 0.1) is 0 Å². The highest BCUT2D eigenvalue weighted by atomic mass is 19.1. The molecule has 0 spiro atoms. The van der Waals surface area contributed by atoms with Crippen molar-refractivity contribution in [2.24, 2.45) is 0 Å². The van der Waals surface area contributed by atoms with Gasteiger partial charge in [0.15, 0.2) is 0 Å². The summed E-state index contributed by atoms with van der Waals surface area (Å²) in [4.78, 5) is 0. The first-order valence-electron chi connectivity index (χ1n) is 4.94. The van der Waals surface area contributed by atoms with E-state index >= 15 is 0 Å². The Morgan fingerprint density at radius 3 is 3.21 bits per heavy atom. The van der Waals surface area contributed by atoms with Gasteiger partial charge in [-0.25, -0.2) is 4.39 Å². The van der Waals surface area contributed by atoms with Gasteiger partial charge in [-0.1, -0.05) is 12.1 Å². The predicted molar refractivity (Wildman–Crippen MR) is 55.7 cm³/mol. The molecule has 1 aliphatic heterocycles. The fraction of sp³-hybridized carbons (Fsp3) is 0.333. The average molecular weight is 191 g/mol. The summed E-state index contributed by atoms with van der Waals surface area (Å²) in [5.74, 6) is -0.151. The van der Waals surface area contributed by atoms with Gasteiger partial charge in [0.25, 0.3) is 0 Å². The molecule has 1 nitrogen and oxygen atoms in total. The van der Waals surface area contributed by atoms with E-state index in [0.29, 0.717) is 0 Å². The maximum absolute atomic E-state index is 13.1. The molecule has 0 bridgehead atoms. The lowest BCUT2D eigenvalue weighted by molar-refractivity contribution is 0.503. The van der Waals surface area contributed by atoms with E-state index in [2.05, 4.69) is 11.9 Å². The second-order valence-corrected chi connectivity index (χ2v) is 3.62. The zero-order valence-corrected chi connectivity index (χ0v) is 8.09. The van der Waals surface area contributed by atoms with Gasteiger partial charge >= 0.3 is 0 Å². The Hall–Kier alpha value is -1.15. The SMILES string of the molecule is C=CCC1NCCc2ccc(F)cc21. The zero-order chi connectivity index (χ0) is 9.97. The second kappa shape index (κ2) is 3.93. The van der Waals surface area contributed by atoms with Gasteiger partial charge in [-0.05, 0) is 42.6 Å². The van der Waals surface area contributed by atoms with Crippen LogP contribution in [0.5, 0.6) is 0 Å². The molecule has 0 aliphatic carbocycles. The summed E-state index contributed by atoms with van der Waals surface area (Å²) in [5, 5.41) is 3.37. The van der Waals surface area contributed by atoms with Crippen molar-refractivity contribution in [2.75, 3.05) is 6.54 Å². The summed E-state index contributed by atoms with van der Waals surface area (Å²) in [7, 11) is 0. The molecule has 1 aromatic rings. The fourth-order valence-corrected chi connectivity index (χ4v) is 1.99. The van der Waals surface area contributed by atoms with Crippen molar-refractivity contribution in [2.45, 2.75) is 18.9 Å². The molecule has 14 heavy (non-hydrogen) atoms. The summed E-state index contributed by atoms with van der Waals surface area (Å²) in [6.45, 7) is 4.69. The summed E-state index contributed by atoms with van der Waals surface area (Å²) < 4.78 is 13.1. The van der Waals surface area contributed by atoms with Crippen LogP contribution in [0.1, 0.15) is 23.6 Å². The van der Waals surface area contributed by atoms with Crippen LogP contribution in [0.2, 0.25) is 0 Å². The van der Waals surface area contributed by atoms with Gasteiger partial charge in [-0.2, -0.15) is 0 Å². The third-order valence-electron chi connectivity index (χ3n) is 2.67. The summed E-state index contributed by atoms with van der Waals surface area (Å²) in [5.41, 5.74) is 2.35. The fourth-order valence-electron chi connectivity index (χ4n) is 1.99. The minimum atomic E-state index is -0.151. The summed E-state index contributed by atoms with van der Waals surface area (Å²) in [6, 6.07) is 5.30. The highest BCUT2D eigenvalue weighted by molar-refractivity contribution is 5.33. The van der Waals surface area contributed by atoms with Crippen molar-refractivity contribution >= 4 is 0 Å². The molecule has 1 unspecified atom stereocenters. The molecule has 1 N–H and O–H groups in total. The molecule has 0 saturated carbocycles. The van der Waals surface area contributed by atoms with E-state index in [1.807, 2.05) is 12.1 Å². The van der Waals surface area contributed by atoms with Crippen LogP contribution in [0.15, 0.2) is 30.9 Å². The van der Waals surface area contributed by atoms with Crippen molar-refractivity contribution in [3.05, 3.63) is 47.8 Å². The van der Waals surface area contributed by atoms with E-state index in [1.54, 1.807) is 6.07 Å². The molecule has 0 aromatic heterocycles. The minimum absolute atomic E-state index is 0.151. The van der Waals surface area contributed by atoms with E-state index in [9.17, 15) is 4.39 Å². The number of hydrogen-bond donors (Lipinski definition) is 1. The van der Waals surface area contributed by atoms with Gasteiger partial charge in [-0.3, -0.25) is 0 Å². The molecule has 2 heteroatoms. The van der Waals surface area contributed by atoms with Crippen LogP contribution in [0, 0.1) is 5.82 Å². The van der Waals surface area contributed by atoms with Crippen LogP contribution < -0.4 is 5.32 Å². The van der Waals surface area contributed by atoms with Gasteiger partial charge in [0.1, 0.15) is 5.82 Å². The average Bonchev–Trinajstić information content (AvgIpc) is 2.19. The Labute approximate surface area is 83.6 Å². The van der Waals surface area contributed by atoms with E-state index in [0.717, 1.165) is 24.9 Å². The molecule has 0 saturated heterocycles. The van der Waals surface area contributed by atoms with Crippen LogP contribution in [0.3, 0.4) is 0 Å². The molecule has 2 rings (SSSR count). The standard InChI is InChI=1S/C12H14FN/c1-2-3-12-11-8-10(13)5-4-9(11)6-7-14-12/h2,4-5,8,12,14H,1,3,6-7H2.